The van der Waals surface area contributed by atoms with Gasteiger partial charge >= 0.3 is 0 Å². The van der Waals surface area contributed by atoms with Gasteiger partial charge in [-0.25, -0.2) is 9.97 Å². The Morgan fingerprint density at radius 3 is 2.67 bits per heavy atom. The summed E-state index contributed by atoms with van der Waals surface area (Å²) in [5, 5.41) is 3.00. The average Bonchev–Trinajstić information content (AvgIpc) is 2.79. The van der Waals surface area contributed by atoms with Crippen LogP contribution in [0.5, 0.6) is 0 Å². The fourth-order valence-electron chi connectivity index (χ4n) is 1.44. The third-order valence-electron chi connectivity index (χ3n) is 2.23. The van der Waals surface area contributed by atoms with Crippen molar-refractivity contribution in [1.82, 2.24) is 9.97 Å². The number of methoxy groups -OCH3 is 1. The van der Waals surface area contributed by atoms with Gasteiger partial charge in [-0.05, 0) is 44.0 Å². The maximum atomic E-state index is 5.45. The van der Waals surface area contributed by atoms with Crippen molar-refractivity contribution in [2.75, 3.05) is 19.5 Å². The number of aromatic nitrogens is 2. The quantitative estimate of drug-likeness (QED) is 0.885. The van der Waals surface area contributed by atoms with Crippen LogP contribution in [0.4, 0.5) is 5.82 Å². The number of hydrogen-bond acceptors (Lipinski definition) is 5. The van der Waals surface area contributed by atoms with Crippen LogP contribution >= 0.6 is 31.9 Å². The van der Waals surface area contributed by atoms with E-state index in [1.165, 1.54) is 0 Å². The van der Waals surface area contributed by atoms with Gasteiger partial charge in [0.05, 0.1) is 16.8 Å². The lowest BCUT2D eigenvalue weighted by molar-refractivity contribution is 0.181. The van der Waals surface area contributed by atoms with Gasteiger partial charge in [-0.15, -0.1) is 0 Å². The summed E-state index contributed by atoms with van der Waals surface area (Å²) in [7, 11) is 3.42. The zero-order chi connectivity index (χ0) is 13.1. The van der Waals surface area contributed by atoms with E-state index in [0.717, 1.165) is 10.2 Å². The van der Waals surface area contributed by atoms with Crippen LogP contribution < -0.4 is 5.32 Å². The fraction of sp³-hybridized carbons (Fsp3) is 0.273. The summed E-state index contributed by atoms with van der Waals surface area (Å²) in [6.07, 6.45) is 0. The molecular formula is C11H11Br2N3O2. The van der Waals surface area contributed by atoms with Crippen LogP contribution in [-0.2, 0) is 11.3 Å². The van der Waals surface area contributed by atoms with E-state index in [9.17, 15) is 0 Å². The van der Waals surface area contributed by atoms with Gasteiger partial charge in [0.2, 0.25) is 0 Å². The summed E-state index contributed by atoms with van der Waals surface area (Å²) < 4.78 is 12.0. The maximum Gasteiger partial charge on any atom is 0.198 e. The number of halogens is 2. The molecule has 0 spiro atoms. The largest absolute Gasteiger partial charge is 0.446 e. The molecule has 2 heterocycles. The van der Waals surface area contributed by atoms with E-state index < -0.39 is 0 Å². The Kier molecular flexibility index (Phi) is 4.36. The van der Waals surface area contributed by atoms with Crippen LogP contribution in [0.1, 0.15) is 5.69 Å². The van der Waals surface area contributed by atoms with Crippen molar-refractivity contribution >= 4 is 37.7 Å². The molecule has 0 atom stereocenters. The lowest BCUT2D eigenvalue weighted by atomic mass is 10.3. The van der Waals surface area contributed by atoms with Crippen LogP contribution in [0.3, 0.4) is 0 Å². The summed E-state index contributed by atoms with van der Waals surface area (Å²) in [5.74, 6) is 1.81. The molecule has 0 unspecified atom stereocenters. The first-order chi connectivity index (χ1) is 8.65. The predicted octanol–water partition coefficient (Wildman–Crippen LogP) is 3.45. The molecule has 0 aliphatic heterocycles. The molecule has 0 saturated heterocycles. The molecule has 5 nitrogen and oxygen atoms in total. The first-order valence-corrected chi connectivity index (χ1v) is 6.73. The Balaban J connectivity index is 2.51. The SMILES string of the molecule is CNc1nc(-c2ccc(Br)o2)nc(COC)c1Br. The van der Waals surface area contributed by atoms with Crippen molar-refractivity contribution in [3.05, 3.63) is 27.0 Å². The summed E-state index contributed by atoms with van der Waals surface area (Å²) in [6.45, 7) is 0.395. The van der Waals surface area contributed by atoms with Gasteiger partial charge in [0.25, 0.3) is 0 Å². The van der Waals surface area contributed by atoms with Gasteiger partial charge in [-0.3, -0.25) is 0 Å². The minimum absolute atomic E-state index is 0.395. The first kappa shape index (κ1) is 13.5. The summed E-state index contributed by atoms with van der Waals surface area (Å²) in [4.78, 5) is 8.79. The fourth-order valence-corrected chi connectivity index (χ4v) is 2.23. The highest BCUT2D eigenvalue weighted by molar-refractivity contribution is 9.10. The number of nitrogens with zero attached hydrogens (tertiary/aromatic N) is 2. The van der Waals surface area contributed by atoms with Gasteiger partial charge in [-0.1, -0.05) is 0 Å². The molecule has 0 fully saturated rings. The van der Waals surface area contributed by atoms with Gasteiger partial charge in [0.1, 0.15) is 5.82 Å². The molecule has 18 heavy (non-hydrogen) atoms. The summed E-state index contributed by atoms with van der Waals surface area (Å²) >= 11 is 6.70. The highest BCUT2D eigenvalue weighted by Crippen LogP contribution is 2.29. The van der Waals surface area contributed by atoms with Crippen LogP contribution in [0.2, 0.25) is 0 Å². The second-order valence-corrected chi connectivity index (χ2v) is 5.02. The van der Waals surface area contributed by atoms with E-state index in [-0.39, 0.29) is 0 Å². The number of hydrogen-bond donors (Lipinski definition) is 1. The van der Waals surface area contributed by atoms with Crippen molar-refractivity contribution in [3.63, 3.8) is 0 Å². The molecule has 2 aromatic rings. The van der Waals surface area contributed by atoms with E-state index in [4.69, 9.17) is 9.15 Å². The van der Waals surface area contributed by atoms with E-state index in [1.54, 1.807) is 20.2 Å². The average molecular weight is 377 g/mol. The highest BCUT2D eigenvalue weighted by atomic mass is 79.9. The molecule has 0 bridgehead atoms. The number of ether oxygens (including phenoxy) is 1. The molecule has 0 aromatic carbocycles. The van der Waals surface area contributed by atoms with Gasteiger partial charge < -0.3 is 14.5 Å². The summed E-state index contributed by atoms with van der Waals surface area (Å²) in [5.41, 5.74) is 0.763. The number of rotatable bonds is 4. The first-order valence-electron chi connectivity index (χ1n) is 5.14. The molecule has 0 aliphatic carbocycles. The minimum Gasteiger partial charge on any atom is -0.446 e. The molecule has 96 valence electrons. The molecule has 1 N–H and O–H groups in total. The third kappa shape index (κ3) is 2.73. The van der Waals surface area contributed by atoms with E-state index >= 15 is 0 Å². The van der Waals surface area contributed by atoms with Gasteiger partial charge in [-0.2, -0.15) is 0 Å². The molecule has 0 amide bonds. The van der Waals surface area contributed by atoms with Crippen molar-refractivity contribution < 1.29 is 9.15 Å². The molecule has 0 aliphatic rings. The molecule has 0 radical (unpaired) electrons. The normalized spacial score (nSPS) is 10.7. The Labute approximate surface area is 121 Å². The second-order valence-electron chi connectivity index (χ2n) is 3.44. The lowest BCUT2D eigenvalue weighted by Gasteiger charge is -2.09. The van der Waals surface area contributed by atoms with E-state index in [2.05, 4.69) is 47.1 Å². The third-order valence-corrected chi connectivity index (χ3v) is 3.49. The number of anilines is 1. The van der Waals surface area contributed by atoms with Crippen molar-refractivity contribution in [2.45, 2.75) is 6.61 Å². The number of nitrogens with one attached hydrogen (secondary N) is 1. The zero-order valence-electron chi connectivity index (χ0n) is 9.83. The number of furan rings is 1. The Morgan fingerprint density at radius 2 is 2.11 bits per heavy atom. The lowest BCUT2D eigenvalue weighted by Crippen LogP contribution is -2.03. The molecule has 2 rings (SSSR count). The van der Waals surface area contributed by atoms with Crippen molar-refractivity contribution in [1.29, 1.82) is 0 Å². The van der Waals surface area contributed by atoms with Crippen LogP contribution in [0.25, 0.3) is 11.6 Å². The zero-order valence-corrected chi connectivity index (χ0v) is 13.0. The van der Waals surface area contributed by atoms with Crippen LogP contribution in [0.15, 0.2) is 25.7 Å². The molecular weight excluding hydrogens is 366 g/mol. The maximum absolute atomic E-state index is 5.45. The van der Waals surface area contributed by atoms with Crippen LogP contribution in [0, 0.1) is 0 Å². The molecule has 0 saturated carbocycles. The van der Waals surface area contributed by atoms with Crippen molar-refractivity contribution in [3.8, 4) is 11.6 Å². The van der Waals surface area contributed by atoms with E-state index in [1.807, 2.05) is 6.07 Å². The minimum atomic E-state index is 0.395. The van der Waals surface area contributed by atoms with Crippen molar-refractivity contribution in [2.24, 2.45) is 0 Å². The molecule has 7 heteroatoms. The predicted molar refractivity (Wildman–Crippen MR) is 75.4 cm³/mol. The van der Waals surface area contributed by atoms with Gasteiger partial charge in [0.15, 0.2) is 16.3 Å². The van der Waals surface area contributed by atoms with E-state index in [0.29, 0.717) is 28.7 Å². The van der Waals surface area contributed by atoms with Crippen LogP contribution in [-0.4, -0.2) is 24.1 Å². The smallest absolute Gasteiger partial charge is 0.198 e. The Bertz CT molecular complexity index is 557. The van der Waals surface area contributed by atoms with Gasteiger partial charge in [0, 0.05) is 14.2 Å². The highest BCUT2D eigenvalue weighted by Gasteiger charge is 2.14. The monoisotopic (exact) mass is 375 g/mol. The second kappa shape index (κ2) is 5.81. The molecule has 2 aromatic heterocycles. The Hall–Kier alpha value is -0.920. The topological polar surface area (TPSA) is 60.2 Å². The summed E-state index contributed by atoms with van der Waals surface area (Å²) in [6, 6.07) is 3.61. The standard InChI is InChI=1S/C11H11Br2N3O2/c1-14-11-9(13)6(5-17-2)15-10(16-11)7-3-4-8(12)18-7/h3-4H,5H2,1-2H3,(H,14,15,16). The Morgan fingerprint density at radius 1 is 1.33 bits per heavy atom.